The van der Waals surface area contributed by atoms with Gasteiger partial charge in [-0.25, -0.2) is 0 Å². The van der Waals surface area contributed by atoms with Crippen LogP contribution in [-0.2, 0) is 16.0 Å². The summed E-state index contributed by atoms with van der Waals surface area (Å²) in [6, 6.07) is 7.17. The third-order valence-corrected chi connectivity index (χ3v) is 2.32. The van der Waals surface area contributed by atoms with Crippen LogP contribution in [0.2, 0.25) is 0 Å². The highest BCUT2D eigenvalue weighted by Crippen LogP contribution is 2.20. The van der Waals surface area contributed by atoms with E-state index in [2.05, 4.69) is 0 Å². The minimum absolute atomic E-state index is 0.611. The average molecular weight is 206 g/mol. The van der Waals surface area contributed by atoms with Crippen LogP contribution in [0.3, 0.4) is 0 Å². The fraction of sp³-hybridized carbons (Fsp3) is 0.273. The summed E-state index contributed by atoms with van der Waals surface area (Å²) in [6.45, 7) is 1.94. The van der Waals surface area contributed by atoms with E-state index >= 15 is 0 Å². The summed E-state index contributed by atoms with van der Waals surface area (Å²) in [6.07, 6.45) is 0.729. The average Bonchev–Trinajstić information content (AvgIpc) is 2.17. The van der Waals surface area contributed by atoms with E-state index in [9.17, 15) is 9.59 Å². The van der Waals surface area contributed by atoms with Gasteiger partial charge in [-0.3, -0.25) is 9.59 Å². The van der Waals surface area contributed by atoms with E-state index < -0.39 is 17.7 Å². The molecule has 0 radical (unpaired) electrons. The van der Waals surface area contributed by atoms with Crippen LogP contribution in [0.15, 0.2) is 24.3 Å². The first-order valence-electron chi connectivity index (χ1n) is 4.74. The summed E-state index contributed by atoms with van der Waals surface area (Å²) in [5.74, 6) is -2.44. The molecule has 15 heavy (non-hydrogen) atoms. The zero-order valence-corrected chi connectivity index (χ0v) is 8.57. The molecule has 0 unspecified atom stereocenters. The van der Waals surface area contributed by atoms with Crippen LogP contribution in [0.1, 0.15) is 24.0 Å². The Kier molecular flexibility index (Phi) is 3.44. The van der Waals surface area contributed by atoms with Gasteiger partial charge in [0.05, 0.1) is 0 Å². The molecule has 0 aromatic heterocycles. The summed E-state index contributed by atoms with van der Waals surface area (Å²) < 4.78 is 0. The molecule has 0 aliphatic carbocycles. The van der Waals surface area contributed by atoms with E-state index in [1.807, 2.05) is 19.1 Å². The lowest BCUT2D eigenvalue weighted by Gasteiger charge is -2.13. The molecule has 4 heteroatoms. The minimum Gasteiger partial charge on any atom is -0.369 e. The fourth-order valence-corrected chi connectivity index (χ4v) is 1.58. The van der Waals surface area contributed by atoms with Gasteiger partial charge in [-0.2, -0.15) is 0 Å². The molecule has 80 valence electrons. The Balaban J connectivity index is 3.22. The zero-order chi connectivity index (χ0) is 11.4. The molecule has 2 amide bonds. The highest BCUT2D eigenvalue weighted by molar-refractivity contribution is 6.04. The minimum atomic E-state index is -1.03. The first-order chi connectivity index (χ1) is 7.07. The van der Waals surface area contributed by atoms with Gasteiger partial charge in [0.1, 0.15) is 5.92 Å². The second-order valence-electron chi connectivity index (χ2n) is 3.29. The molecule has 4 N–H and O–H groups in total. The van der Waals surface area contributed by atoms with Gasteiger partial charge in [0.25, 0.3) is 0 Å². The number of rotatable bonds is 4. The Morgan fingerprint density at radius 1 is 1.20 bits per heavy atom. The van der Waals surface area contributed by atoms with Crippen LogP contribution in [-0.4, -0.2) is 11.8 Å². The molecular formula is C11H14N2O2. The highest BCUT2D eigenvalue weighted by Gasteiger charge is 2.25. The molecule has 1 rings (SSSR count). The Bertz CT molecular complexity index is 374. The van der Waals surface area contributed by atoms with Gasteiger partial charge in [-0.15, -0.1) is 0 Å². The SMILES string of the molecule is CCc1ccccc1C(C(N)=O)C(N)=O. The normalized spacial score (nSPS) is 10.3. The smallest absolute Gasteiger partial charge is 0.234 e. The van der Waals surface area contributed by atoms with Gasteiger partial charge in [-0.05, 0) is 17.5 Å². The van der Waals surface area contributed by atoms with Crippen molar-refractivity contribution in [2.45, 2.75) is 19.3 Å². The quantitative estimate of drug-likeness (QED) is 0.694. The Hall–Kier alpha value is -1.84. The molecule has 0 bridgehead atoms. The molecular weight excluding hydrogens is 192 g/mol. The fourth-order valence-electron chi connectivity index (χ4n) is 1.58. The molecule has 0 fully saturated rings. The van der Waals surface area contributed by atoms with E-state index in [4.69, 9.17) is 11.5 Å². The molecule has 1 aromatic carbocycles. The Morgan fingerprint density at radius 2 is 1.73 bits per heavy atom. The summed E-state index contributed by atoms with van der Waals surface area (Å²) in [7, 11) is 0. The second-order valence-corrected chi connectivity index (χ2v) is 3.29. The van der Waals surface area contributed by atoms with Gasteiger partial charge < -0.3 is 11.5 Å². The lowest BCUT2D eigenvalue weighted by atomic mass is 9.92. The standard InChI is InChI=1S/C11H14N2O2/c1-2-7-5-3-4-6-8(7)9(10(12)14)11(13)15/h3-6,9H,2H2,1H3,(H2,12,14)(H2,13,15). The summed E-state index contributed by atoms with van der Waals surface area (Å²) in [5.41, 5.74) is 11.8. The third kappa shape index (κ3) is 2.34. The zero-order valence-electron chi connectivity index (χ0n) is 8.57. The third-order valence-electron chi connectivity index (χ3n) is 2.32. The van der Waals surface area contributed by atoms with Gasteiger partial charge in [0.15, 0.2) is 0 Å². The topological polar surface area (TPSA) is 86.2 Å². The number of amides is 2. The number of benzene rings is 1. The molecule has 0 spiro atoms. The maximum atomic E-state index is 11.1. The molecule has 0 atom stereocenters. The highest BCUT2D eigenvalue weighted by atomic mass is 16.2. The van der Waals surface area contributed by atoms with Crippen molar-refractivity contribution in [2.75, 3.05) is 0 Å². The van der Waals surface area contributed by atoms with Crippen molar-refractivity contribution in [1.82, 2.24) is 0 Å². The molecule has 1 aromatic rings. The Labute approximate surface area is 88.3 Å². The summed E-state index contributed by atoms with van der Waals surface area (Å²) >= 11 is 0. The van der Waals surface area contributed by atoms with Crippen molar-refractivity contribution in [2.24, 2.45) is 11.5 Å². The Morgan fingerprint density at radius 3 is 2.20 bits per heavy atom. The van der Waals surface area contributed by atoms with Gasteiger partial charge in [-0.1, -0.05) is 31.2 Å². The van der Waals surface area contributed by atoms with Crippen molar-refractivity contribution in [3.05, 3.63) is 35.4 Å². The van der Waals surface area contributed by atoms with E-state index in [0.29, 0.717) is 5.56 Å². The van der Waals surface area contributed by atoms with E-state index in [0.717, 1.165) is 12.0 Å². The molecule has 0 heterocycles. The van der Waals surface area contributed by atoms with Crippen molar-refractivity contribution in [3.8, 4) is 0 Å². The molecule has 0 saturated heterocycles. The number of nitrogens with two attached hydrogens (primary N) is 2. The molecule has 0 aliphatic heterocycles. The molecule has 4 nitrogen and oxygen atoms in total. The number of carbonyl (C=O) groups excluding carboxylic acids is 2. The maximum Gasteiger partial charge on any atom is 0.234 e. The first-order valence-corrected chi connectivity index (χ1v) is 4.74. The van der Waals surface area contributed by atoms with Crippen LogP contribution in [0, 0.1) is 0 Å². The van der Waals surface area contributed by atoms with Crippen LogP contribution in [0.25, 0.3) is 0 Å². The second kappa shape index (κ2) is 4.59. The predicted octanol–water partition coefficient (Wildman–Crippen LogP) is 0.303. The van der Waals surface area contributed by atoms with Crippen LogP contribution < -0.4 is 11.5 Å². The van der Waals surface area contributed by atoms with Crippen LogP contribution in [0.4, 0.5) is 0 Å². The first kappa shape index (κ1) is 11.2. The summed E-state index contributed by atoms with van der Waals surface area (Å²) in [4.78, 5) is 22.3. The number of hydrogen-bond acceptors (Lipinski definition) is 2. The van der Waals surface area contributed by atoms with Gasteiger partial charge >= 0.3 is 0 Å². The number of carbonyl (C=O) groups is 2. The van der Waals surface area contributed by atoms with E-state index in [1.165, 1.54) is 0 Å². The van der Waals surface area contributed by atoms with Gasteiger partial charge in [0, 0.05) is 0 Å². The van der Waals surface area contributed by atoms with Crippen molar-refractivity contribution < 1.29 is 9.59 Å². The van der Waals surface area contributed by atoms with E-state index in [-0.39, 0.29) is 0 Å². The lowest BCUT2D eigenvalue weighted by Crippen LogP contribution is -2.33. The number of aryl methyl sites for hydroxylation is 1. The molecule has 0 aliphatic rings. The van der Waals surface area contributed by atoms with Gasteiger partial charge in [0.2, 0.25) is 11.8 Å². The maximum absolute atomic E-state index is 11.1. The van der Waals surface area contributed by atoms with E-state index in [1.54, 1.807) is 12.1 Å². The number of primary amides is 2. The number of hydrogen-bond donors (Lipinski definition) is 2. The van der Waals surface area contributed by atoms with Crippen molar-refractivity contribution in [1.29, 1.82) is 0 Å². The monoisotopic (exact) mass is 206 g/mol. The van der Waals surface area contributed by atoms with Crippen molar-refractivity contribution in [3.63, 3.8) is 0 Å². The molecule has 0 saturated carbocycles. The predicted molar refractivity (Wildman–Crippen MR) is 56.9 cm³/mol. The summed E-state index contributed by atoms with van der Waals surface area (Å²) in [5, 5.41) is 0. The van der Waals surface area contributed by atoms with Crippen LogP contribution >= 0.6 is 0 Å². The lowest BCUT2D eigenvalue weighted by molar-refractivity contribution is -0.128. The van der Waals surface area contributed by atoms with Crippen LogP contribution in [0.5, 0.6) is 0 Å². The van der Waals surface area contributed by atoms with Crippen molar-refractivity contribution >= 4 is 11.8 Å². The largest absolute Gasteiger partial charge is 0.369 e.